The van der Waals surface area contributed by atoms with E-state index >= 15 is 0 Å². The predicted octanol–water partition coefficient (Wildman–Crippen LogP) is 2.59. The number of pyridine rings is 1. The van der Waals surface area contributed by atoms with E-state index in [1.54, 1.807) is 24.3 Å². The van der Waals surface area contributed by atoms with E-state index in [1.165, 1.54) is 15.8 Å². The van der Waals surface area contributed by atoms with Crippen LogP contribution in [0.15, 0.2) is 53.5 Å². The quantitative estimate of drug-likeness (QED) is 0.525. The van der Waals surface area contributed by atoms with E-state index in [1.807, 2.05) is 48.9 Å². The maximum absolute atomic E-state index is 13.6. The topological polar surface area (TPSA) is 95.0 Å². The highest BCUT2D eigenvalue weighted by Crippen LogP contribution is 2.37. The minimum atomic E-state index is -0.786. The highest BCUT2D eigenvalue weighted by atomic mass is 16.3. The third kappa shape index (κ3) is 3.96. The molecule has 0 spiro atoms. The van der Waals surface area contributed by atoms with Gasteiger partial charge in [0, 0.05) is 54.7 Å². The summed E-state index contributed by atoms with van der Waals surface area (Å²) in [6, 6.07) is 3.97. The van der Waals surface area contributed by atoms with Gasteiger partial charge in [-0.3, -0.25) is 9.36 Å². The highest BCUT2D eigenvalue weighted by molar-refractivity contribution is 5.78. The number of rotatable bonds is 5. The fourth-order valence-corrected chi connectivity index (χ4v) is 5.33. The summed E-state index contributed by atoms with van der Waals surface area (Å²) in [4.78, 5) is 19.8. The van der Waals surface area contributed by atoms with Gasteiger partial charge in [0.2, 0.25) is 0 Å². The zero-order valence-electron chi connectivity index (χ0n) is 20.9. The van der Waals surface area contributed by atoms with Crippen molar-refractivity contribution in [2.75, 3.05) is 7.05 Å². The van der Waals surface area contributed by atoms with Crippen molar-refractivity contribution < 1.29 is 10.2 Å². The molecule has 1 aliphatic heterocycles. The monoisotopic (exact) mass is 475 g/mol. The molecule has 2 aliphatic rings. The Labute approximate surface area is 204 Å². The summed E-state index contributed by atoms with van der Waals surface area (Å²) in [5.41, 5.74) is 5.86. The van der Waals surface area contributed by atoms with Crippen molar-refractivity contribution in [3.8, 4) is 5.82 Å². The lowest BCUT2D eigenvalue weighted by Gasteiger charge is -2.31. The van der Waals surface area contributed by atoms with Crippen LogP contribution >= 0.6 is 0 Å². The summed E-state index contributed by atoms with van der Waals surface area (Å²) < 4.78 is 3.52. The van der Waals surface area contributed by atoms with Crippen LogP contribution in [0.1, 0.15) is 50.1 Å². The summed E-state index contributed by atoms with van der Waals surface area (Å²) in [7, 11) is 1.80. The van der Waals surface area contributed by atoms with E-state index < -0.39 is 6.23 Å². The normalized spacial score (nSPS) is 19.2. The van der Waals surface area contributed by atoms with Crippen LogP contribution in [0.4, 0.5) is 0 Å². The standard InChI is InChI=1S/C27H33N5O3/c1-16(2)29-21-10-18(14-30(5)25(21)34)19-6-7-28-24(20(19)15-33)32-9-8-31-22(26(32)35)11-17-12-27(3,4)13-23(17)31/h6-11,14,16,25,29,33-34H,12-13,15H2,1-5H3. The average molecular weight is 476 g/mol. The molecular weight excluding hydrogens is 442 g/mol. The van der Waals surface area contributed by atoms with Crippen LogP contribution in [-0.4, -0.2) is 48.4 Å². The number of nitrogens with one attached hydrogen (secondary N) is 1. The van der Waals surface area contributed by atoms with E-state index in [-0.39, 0.29) is 23.6 Å². The van der Waals surface area contributed by atoms with E-state index in [0.29, 0.717) is 22.6 Å². The van der Waals surface area contributed by atoms with Crippen molar-refractivity contribution in [1.82, 2.24) is 24.2 Å². The molecule has 0 bridgehead atoms. The van der Waals surface area contributed by atoms with Gasteiger partial charge in [0.1, 0.15) is 11.3 Å². The molecule has 1 atom stereocenters. The summed E-state index contributed by atoms with van der Waals surface area (Å²) in [5, 5.41) is 24.3. The van der Waals surface area contributed by atoms with Crippen LogP contribution < -0.4 is 10.9 Å². The molecule has 184 valence electrons. The summed E-state index contributed by atoms with van der Waals surface area (Å²) in [6.45, 7) is 8.23. The lowest BCUT2D eigenvalue weighted by Crippen LogP contribution is -2.39. The molecule has 0 saturated heterocycles. The molecule has 5 rings (SSSR count). The molecule has 1 aliphatic carbocycles. The van der Waals surface area contributed by atoms with E-state index in [0.717, 1.165) is 24.0 Å². The van der Waals surface area contributed by atoms with Crippen molar-refractivity contribution in [2.24, 2.45) is 5.41 Å². The van der Waals surface area contributed by atoms with Gasteiger partial charge < -0.3 is 24.8 Å². The van der Waals surface area contributed by atoms with E-state index in [4.69, 9.17) is 0 Å². The van der Waals surface area contributed by atoms with Crippen molar-refractivity contribution >= 4 is 11.1 Å². The number of hydrogen-bond acceptors (Lipinski definition) is 6. The van der Waals surface area contributed by atoms with Gasteiger partial charge in [0.15, 0.2) is 6.23 Å². The minimum absolute atomic E-state index is 0.147. The molecule has 3 aromatic rings. The van der Waals surface area contributed by atoms with Crippen molar-refractivity contribution in [2.45, 2.75) is 59.4 Å². The molecule has 0 fully saturated rings. The maximum Gasteiger partial charge on any atom is 0.280 e. The molecule has 4 heterocycles. The number of hydrogen-bond donors (Lipinski definition) is 3. The van der Waals surface area contributed by atoms with Crippen LogP contribution in [0.25, 0.3) is 16.9 Å². The van der Waals surface area contributed by atoms with Gasteiger partial charge in [-0.2, -0.15) is 0 Å². The Balaban J connectivity index is 1.62. The Bertz CT molecular complexity index is 1430. The van der Waals surface area contributed by atoms with Gasteiger partial charge in [-0.1, -0.05) is 13.8 Å². The molecular formula is C27H33N5O3. The molecule has 3 N–H and O–H groups in total. The first kappa shape index (κ1) is 23.4. The minimum Gasteiger partial charge on any atom is -0.392 e. The van der Waals surface area contributed by atoms with Gasteiger partial charge in [0.05, 0.1) is 12.3 Å². The Morgan fingerprint density at radius 3 is 2.74 bits per heavy atom. The second kappa shape index (κ2) is 8.39. The zero-order valence-corrected chi connectivity index (χ0v) is 20.9. The SMILES string of the molecule is CC(C)NC1=CC(c2ccnc(-n3ccn4c5c(cc4c3=O)CC(C)(C)C5)c2CO)=CN(C)C1O. The first-order valence-corrected chi connectivity index (χ1v) is 12.0. The number of fused-ring (bicyclic) bond motifs is 3. The van der Waals surface area contributed by atoms with Crippen LogP contribution in [-0.2, 0) is 19.4 Å². The Morgan fingerprint density at radius 1 is 1.26 bits per heavy atom. The Kier molecular flexibility index (Phi) is 5.61. The smallest absolute Gasteiger partial charge is 0.280 e. The molecule has 8 nitrogen and oxygen atoms in total. The zero-order chi connectivity index (χ0) is 25.1. The average Bonchev–Trinajstić information content (AvgIpc) is 3.28. The number of aliphatic hydroxyl groups is 2. The lowest BCUT2D eigenvalue weighted by atomic mass is 9.90. The van der Waals surface area contributed by atoms with Crippen molar-refractivity contribution in [3.05, 3.63) is 81.4 Å². The van der Waals surface area contributed by atoms with Crippen molar-refractivity contribution in [1.29, 1.82) is 0 Å². The van der Waals surface area contributed by atoms with Gasteiger partial charge in [-0.15, -0.1) is 0 Å². The first-order valence-electron chi connectivity index (χ1n) is 12.0. The number of allylic oxidation sites excluding steroid dienone is 2. The Morgan fingerprint density at radius 2 is 2.03 bits per heavy atom. The molecule has 0 saturated carbocycles. The van der Waals surface area contributed by atoms with Gasteiger partial charge in [-0.25, -0.2) is 4.98 Å². The summed E-state index contributed by atoms with van der Waals surface area (Å²) in [6.07, 6.45) is 10.1. The van der Waals surface area contributed by atoms with Gasteiger partial charge >= 0.3 is 0 Å². The van der Waals surface area contributed by atoms with Gasteiger partial charge in [-0.05, 0) is 61.4 Å². The molecule has 3 aromatic heterocycles. The molecule has 0 aromatic carbocycles. The molecule has 35 heavy (non-hydrogen) atoms. The molecule has 0 radical (unpaired) electrons. The molecule has 0 amide bonds. The summed E-state index contributed by atoms with van der Waals surface area (Å²) >= 11 is 0. The lowest BCUT2D eigenvalue weighted by molar-refractivity contribution is 0.0790. The van der Waals surface area contributed by atoms with Crippen LogP contribution in [0.3, 0.4) is 0 Å². The third-order valence-electron chi connectivity index (χ3n) is 6.85. The van der Waals surface area contributed by atoms with E-state index in [9.17, 15) is 15.0 Å². The fourth-order valence-electron chi connectivity index (χ4n) is 5.33. The predicted molar refractivity (Wildman–Crippen MR) is 136 cm³/mol. The second-order valence-corrected chi connectivity index (χ2v) is 10.7. The van der Waals surface area contributed by atoms with Crippen LogP contribution in [0, 0.1) is 5.41 Å². The fraction of sp³-hybridized carbons (Fsp3) is 0.407. The molecule has 1 unspecified atom stereocenters. The number of likely N-dealkylation sites (N-methyl/N-ethyl adjacent to an activating group) is 1. The summed E-state index contributed by atoms with van der Waals surface area (Å²) in [5.74, 6) is 0.403. The first-order chi connectivity index (χ1) is 16.6. The molecule has 8 heteroatoms. The van der Waals surface area contributed by atoms with Crippen molar-refractivity contribution in [3.63, 3.8) is 0 Å². The Hall–Kier alpha value is -3.36. The highest BCUT2D eigenvalue weighted by Gasteiger charge is 2.32. The number of aliphatic hydroxyl groups excluding tert-OH is 2. The maximum atomic E-state index is 13.6. The third-order valence-corrected chi connectivity index (χ3v) is 6.85. The second-order valence-electron chi connectivity index (χ2n) is 10.7. The van der Waals surface area contributed by atoms with E-state index in [2.05, 4.69) is 24.1 Å². The van der Waals surface area contributed by atoms with Crippen LogP contribution in [0.5, 0.6) is 0 Å². The van der Waals surface area contributed by atoms with Crippen LogP contribution in [0.2, 0.25) is 0 Å². The largest absolute Gasteiger partial charge is 0.392 e. The number of aromatic nitrogens is 3. The number of nitrogens with zero attached hydrogens (tertiary/aromatic N) is 4. The van der Waals surface area contributed by atoms with Gasteiger partial charge in [0.25, 0.3) is 5.56 Å².